The fraction of sp³-hybridized carbons (Fsp3) is 0.938. The van der Waals surface area contributed by atoms with Gasteiger partial charge in [0, 0.05) is 19.1 Å². The first-order valence-electron chi connectivity index (χ1n) is 8.17. The second-order valence-electron chi connectivity index (χ2n) is 7.65. The standard InChI is InChI=1S/C16H28N2O2/c1-11(14-8-12-3-4-13(14)7-12)17-15(19)9-18-6-5-16(2,20)10-18/h11-14,20H,3-10H2,1-2H3,(H,17,19). The maximum absolute atomic E-state index is 12.1. The Kier molecular flexibility index (Phi) is 3.80. The van der Waals surface area contributed by atoms with Gasteiger partial charge in [0.25, 0.3) is 0 Å². The van der Waals surface area contributed by atoms with Crippen LogP contribution in [0.5, 0.6) is 0 Å². The van der Waals surface area contributed by atoms with Crippen LogP contribution >= 0.6 is 0 Å². The van der Waals surface area contributed by atoms with E-state index in [9.17, 15) is 9.90 Å². The van der Waals surface area contributed by atoms with E-state index < -0.39 is 5.60 Å². The van der Waals surface area contributed by atoms with E-state index in [-0.39, 0.29) is 5.91 Å². The molecule has 4 nitrogen and oxygen atoms in total. The van der Waals surface area contributed by atoms with Crippen molar-refractivity contribution in [3.8, 4) is 0 Å². The number of nitrogens with one attached hydrogen (secondary N) is 1. The Hall–Kier alpha value is -0.610. The highest BCUT2D eigenvalue weighted by atomic mass is 16.3. The van der Waals surface area contributed by atoms with Crippen molar-refractivity contribution in [1.29, 1.82) is 0 Å². The molecule has 4 heteroatoms. The van der Waals surface area contributed by atoms with Gasteiger partial charge in [-0.2, -0.15) is 0 Å². The molecule has 20 heavy (non-hydrogen) atoms. The molecule has 1 saturated heterocycles. The lowest BCUT2D eigenvalue weighted by Crippen LogP contribution is -2.45. The molecule has 3 rings (SSSR count). The maximum atomic E-state index is 12.1. The maximum Gasteiger partial charge on any atom is 0.234 e. The summed E-state index contributed by atoms with van der Waals surface area (Å²) in [6.07, 6.45) is 6.24. The Bertz CT molecular complexity index is 383. The molecule has 0 radical (unpaired) electrons. The largest absolute Gasteiger partial charge is 0.389 e. The summed E-state index contributed by atoms with van der Waals surface area (Å²) in [5.41, 5.74) is -0.615. The van der Waals surface area contributed by atoms with Crippen LogP contribution in [0.3, 0.4) is 0 Å². The van der Waals surface area contributed by atoms with Gasteiger partial charge in [0.1, 0.15) is 0 Å². The zero-order chi connectivity index (χ0) is 14.3. The van der Waals surface area contributed by atoms with Crippen LogP contribution in [0.4, 0.5) is 0 Å². The average Bonchev–Trinajstić information content (AvgIpc) is 3.04. The molecule has 0 aromatic carbocycles. The van der Waals surface area contributed by atoms with Crippen LogP contribution < -0.4 is 5.32 Å². The average molecular weight is 280 g/mol. The topological polar surface area (TPSA) is 52.6 Å². The number of hydrogen-bond acceptors (Lipinski definition) is 3. The van der Waals surface area contributed by atoms with Crippen molar-refractivity contribution >= 4 is 5.91 Å². The number of aliphatic hydroxyl groups is 1. The lowest BCUT2D eigenvalue weighted by molar-refractivity contribution is -0.123. The van der Waals surface area contributed by atoms with Crippen LogP contribution in [0.15, 0.2) is 0 Å². The molecule has 5 unspecified atom stereocenters. The van der Waals surface area contributed by atoms with Crippen molar-refractivity contribution < 1.29 is 9.90 Å². The van der Waals surface area contributed by atoms with E-state index >= 15 is 0 Å². The van der Waals surface area contributed by atoms with E-state index in [2.05, 4.69) is 17.1 Å². The van der Waals surface area contributed by atoms with Crippen molar-refractivity contribution in [2.75, 3.05) is 19.6 Å². The molecular weight excluding hydrogens is 252 g/mol. The number of β-amino-alcohol motifs (C(OH)–C–C–N with tert-alkyl or cyclic N) is 1. The molecule has 2 N–H and O–H groups in total. The summed E-state index contributed by atoms with van der Waals surface area (Å²) in [7, 11) is 0. The minimum atomic E-state index is -0.615. The Morgan fingerprint density at radius 1 is 1.45 bits per heavy atom. The summed E-state index contributed by atoms with van der Waals surface area (Å²) in [5, 5.41) is 13.1. The van der Waals surface area contributed by atoms with Gasteiger partial charge in [-0.15, -0.1) is 0 Å². The van der Waals surface area contributed by atoms with Crippen molar-refractivity contribution in [2.45, 2.75) is 57.6 Å². The van der Waals surface area contributed by atoms with Gasteiger partial charge < -0.3 is 10.4 Å². The van der Waals surface area contributed by atoms with Crippen LogP contribution in [-0.4, -0.2) is 47.2 Å². The molecular formula is C16H28N2O2. The van der Waals surface area contributed by atoms with Gasteiger partial charge in [0.15, 0.2) is 0 Å². The van der Waals surface area contributed by atoms with E-state index in [1.54, 1.807) is 0 Å². The van der Waals surface area contributed by atoms with Crippen molar-refractivity contribution in [2.24, 2.45) is 17.8 Å². The molecule has 1 aliphatic heterocycles. The highest BCUT2D eigenvalue weighted by Gasteiger charge is 2.42. The minimum absolute atomic E-state index is 0.123. The summed E-state index contributed by atoms with van der Waals surface area (Å²) in [5.74, 6) is 2.60. The highest BCUT2D eigenvalue weighted by Crippen LogP contribution is 2.49. The van der Waals surface area contributed by atoms with Crippen LogP contribution in [0, 0.1) is 17.8 Å². The molecule has 5 atom stereocenters. The van der Waals surface area contributed by atoms with Crippen LogP contribution in [0.25, 0.3) is 0 Å². The molecule has 2 bridgehead atoms. The number of hydrogen-bond donors (Lipinski definition) is 2. The summed E-state index contributed by atoms with van der Waals surface area (Å²) in [6, 6.07) is 0.306. The smallest absolute Gasteiger partial charge is 0.234 e. The molecule has 0 aromatic rings. The van der Waals surface area contributed by atoms with Crippen molar-refractivity contribution in [1.82, 2.24) is 10.2 Å². The van der Waals surface area contributed by atoms with E-state index in [0.717, 1.165) is 24.8 Å². The third-order valence-corrected chi connectivity index (χ3v) is 5.72. The third kappa shape index (κ3) is 3.01. The van der Waals surface area contributed by atoms with Gasteiger partial charge in [0.2, 0.25) is 5.91 Å². The van der Waals surface area contributed by atoms with Crippen molar-refractivity contribution in [3.05, 3.63) is 0 Å². The first-order chi connectivity index (χ1) is 9.43. The fourth-order valence-corrected chi connectivity index (χ4v) is 4.69. The lowest BCUT2D eigenvalue weighted by Gasteiger charge is -2.29. The summed E-state index contributed by atoms with van der Waals surface area (Å²) >= 11 is 0. The minimum Gasteiger partial charge on any atom is -0.389 e. The predicted molar refractivity (Wildman–Crippen MR) is 78.2 cm³/mol. The van der Waals surface area contributed by atoms with Gasteiger partial charge >= 0.3 is 0 Å². The second kappa shape index (κ2) is 5.30. The molecule has 2 saturated carbocycles. The second-order valence-corrected chi connectivity index (χ2v) is 7.65. The molecule has 0 aromatic heterocycles. The van der Waals surface area contributed by atoms with Crippen LogP contribution in [-0.2, 0) is 4.79 Å². The van der Waals surface area contributed by atoms with Gasteiger partial charge in [-0.25, -0.2) is 0 Å². The van der Waals surface area contributed by atoms with Gasteiger partial charge in [-0.3, -0.25) is 9.69 Å². The molecule has 2 aliphatic carbocycles. The molecule has 3 aliphatic rings. The molecule has 0 spiro atoms. The number of carbonyl (C=O) groups excluding carboxylic acids is 1. The number of fused-ring (bicyclic) bond motifs is 2. The molecule has 1 amide bonds. The monoisotopic (exact) mass is 280 g/mol. The third-order valence-electron chi connectivity index (χ3n) is 5.72. The quantitative estimate of drug-likeness (QED) is 0.818. The summed E-state index contributed by atoms with van der Waals surface area (Å²) in [6.45, 7) is 5.89. The number of carbonyl (C=O) groups is 1. The zero-order valence-corrected chi connectivity index (χ0v) is 12.8. The number of rotatable bonds is 4. The first-order valence-corrected chi connectivity index (χ1v) is 8.17. The Labute approximate surface area is 121 Å². The lowest BCUT2D eigenvalue weighted by atomic mass is 9.84. The Morgan fingerprint density at radius 2 is 2.25 bits per heavy atom. The zero-order valence-electron chi connectivity index (χ0n) is 12.8. The van der Waals surface area contributed by atoms with E-state index in [4.69, 9.17) is 0 Å². The summed E-state index contributed by atoms with van der Waals surface area (Å²) < 4.78 is 0. The SMILES string of the molecule is CC(NC(=O)CN1CCC(C)(O)C1)C1CC2CCC1C2. The van der Waals surface area contributed by atoms with Crippen LogP contribution in [0.2, 0.25) is 0 Å². The number of amides is 1. The van der Waals surface area contributed by atoms with Crippen LogP contribution in [0.1, 0.15) is 46.0 Å². The van der Waals surface area contributed by atoms with E-state index in [1.807, 2.05) is 6.92 Å². The molecule has 1 heterocycles. The first kappa shape index (κ1) is 14.3. The summed E-state index contributed by atoms with van der Waals surface area (Å²) in [4.78, 5) is 14.2. The van der Waals surface area contributed by atoms with Gasteiger partial charge in [-0.05, 0) is 57.3 Å². The van der Waals surface area contributed by atoms with Gasteiger partial charge in [-0.1, -0.05) is 6.42 Å². The van der Waals surface area contributed by atoms with Gasteiger partial charge in [0.05, 0.1) is 12.1 Å². The number of nitrogens with zero attached hydrogens (tertiary/aromatic N) is 1. The van der Waals surface area contributed by atoms with E-state index in [0.29, 0.717) is 25.0 Å². The number of likely N-dealkylation sites (tertiary alicyclic amines) is 1. The van der Waals surface area contributed by atoms with Crippen molar-refractivity contribution in [3.63, 3.8) is 0 Å². The highest BCUT2D eigenvalue weighted by molar-refractivity contribution is 5.78. The Morgan fingerprint density at radius 3 is 2.80 bits per heavy atom. The Balaban J connectivity index is 1.45. The molecule has 3 fully saturated rings. The predicted octanol–water partition coefficient (Wildman–Crippen LogP) is 1.38. The van der Waals surface area contributed by atoms with E-state index in [1.165, 1.54) is 25.7 Å². The molecule has 114 valence electrons. The normalized spacial score (nSPS) is 42.0. The fourth-order valence-electron chi connectivity index (χ4n) is 4.69.